The summed E-state index contributed by atoms with van der Waals surface area (Å²) in [6, 6.07) is -0.396. The van der Waals surface area contributed by atoms with Crippen LogP contribution in [0, 0.1) is 0 Å². The quantitative estimate of drug-likeness (QED) is 0.579. The summed E-state index contributed by atoms with van der Waals surface area (Å²) >= 11 is 0. The average molecular weight is 145 g/mol. The number of carbonyl (C=O) groups is 1. The lowest BCUT2D eigenvalue weighted by molar-refractivity contribution is 0.0686. The molecule has 0 aromatic heterocycles. The second-order valence-corrected chi connectivity index (χ2v) is 2.31. The normalized spacial score (nSPS) is 10.0. The Morgan fingerprint density at radius 2 is 2.00 bits per heavy atom. The van der Waals surface area contributed by atoms with Crippen molar-refractivity contribution in [2.24, 2.45) is 5.73 Å². The molecule has 4 heteroatoms. The van der Waals surface area contributed by atoms with E-state index in [-0.39, 0.29) is 0 Å². The molecule has 0 spiro atoms. The van der Waals surface area contributed by atoms with E-state index in [1.807, 2.05) is 6.92 Å². The van der Waals surface area contributed by atoms with Crippen molar-refractivity contribution in [2.45, 2.75) is 13.3 Å². The van der Waals surface area contributed by atoms with Gasteiger partial charge in [-0.05, 0) is 6.42 Å². The van der Waals surface area contributed by atoms with Crippen molar-refractivity contribution in [1.29, 1.82) is 0 Å². The molecule has 0 aromatic carbocycles. The van der Waals surface area contributed by atoms with Crippen LogP contribution in [0.1, 0.15) is 13.3 Å². The molecule has 0 unspecified atom stereocenters. The van der Waals surface area contributed by atoms with Gasteiger partial charge >= 0.3 is 6.03 Å². The minimum atomic E-state index is -0.396. The van der Waals surface area contributed by atoms with Crippen molar-refractivity contribution >= 4 is 6.03 Å². The van der Waals surface area contributed by atoms with Crippen molar-refractivity contribution in [3.8, 4) is 0 Å². The molecule has 0 saturated carbocycles. The van der Waals surface area contributed by atoms with Crippen LogP contribution in [-0.4, -0.2) is 36.7 Å². The maximum Gasteiger partial charge on any atom is 0.329 e. The van der Waals surface area contributed by atoms with E-state index >= 15 is 0 Å². The molecule has 0 aliphatic rings. The molecular formula is C6H15N3O. The SMILES string of the molecule is CCCN(C(N)=O)N(C)C. The van der Waals surface area contributed by atoms with Crippen molar-refractivity contribution in [2.75, 3.05) is 20.6 Å². The molecular weight excluding hydrogens is 130 g/mol. The molecule has 10 heavy (non-hydrogen) atoms. The second kappa shape index (κ2) is 4.11. The van der Waals surface area contributed by atoms with Crippen molar-refractivity contribution < 1.29 is 4.79 Å². The predicted octanol–water partition coefficient (Wildman–Crippen LogP) is 0.254. The Kier molecular flexibility index (Phi) is 3.79. The molecule has 0 aliphatic carbocycles. The minimum Gasteiger partial charge on any atom is -0.350 e. The standard InChI is InChI=1S/C6H15N3O/c1-4-5-9(6(7)10)8(2)3/h4-5H2,1-3H3,(H2,7,10). The number of urea groups is 1. The topological polar surface area (TPSA) is 49.6 Å². The summed E-state index contributed by atoms with van der Waals surface area (Å²) in [7, 11) is 3.58. The van der Waals surface area contributed by atoms with E-state index in [4.69, 9.17) is 5.73 Å². The lowest BCUT2D eigenvalue weighted by Gasteiger charge is -2.26. The van der Waals surface area contributed by atoms with E-state index in [0.29, 0.717) is 6.54 Å². The molecule has 2 amide bonds. The molecule has 0 saturated heterocycles. The maximum absolute atomic E-state index is 10.6. The van der Waals surface area contributed by atoms with Gasteiger partial charge in [0.05, 0.1) is 0 Å². The molecule has 0 heterocycles. The van der Waals surface area contributed by atoms with Gasteiger partial charge in [0.1, 0.15) is 0 Å². The number of hydrogen-bond acceptors (Lipinski definition) is 2. The molecule has 0 atom stereocenters. The maximum atomic E-state index is 10.6. The summed E-state index contributed by atoms with van der Waals surface area (Å²) in [5, 5.41) is 3.17. The Morgan fingerprint density at radius 1 is 1.50 bits per heavy atom. The number of nitrogens with two attached hydrogens (primary N) is 1. The highest BCUT2D eigenvalue weighted by Crippen LogP contribution is 1.92. The van der Waals surface area contributed by atoms with Gasteiger partial charge in [0.15, 0.2) is 0 Å². The zero-order chi connectivity index (χ0) is 8.15. The van der Waals surface area contributed by atoms with Crippen LogP contribution < -0.4 is 5.73 Å². The lowest BCUT2D eigenvalue weighted by Crippen LogP contribution is -2.45. The predicted molar refractivity (Wildman–Crippen MR) is 40.3 cm³/mol. The summed E-state index contributed by atoms with van der Waals surface area (Å²) in [5.41, 5.74) is 5.07. The first-order chi connectivity index (χ1) is 4.59. The van der Waals surface area contributed by atoms with Gasteiger partial charge in [-0.25, -0.2) is 9.80 Å². The number of hydrazine groups is 1. The van der Waals surface area contributed by atoms with E-state index in [1.165, 1.54) is 5.01 Å². The van der Waals surface area contributed by atoms with Crippen LogP contribution in [-0.2, 0) is 0 Å². The van der Waals surface area contributed by atoms with E-state index in [9.17, 15) is 4.79 Å². The van der Waals surface area contributed by atoms with Gasteiger partial charge in [-0.15, -0.1) is 0 Å². The summed E-state index contributed by atoms with van der Waals surface area (Å²) < 4.78 is 0. The molecule has 60 valence electrons. The largest absolute Gasteiger partial charge is 0.350 e. The average Bonchev–Trinajstić information content (AvgIpc) is 1.81. The van der Waals surface area contributed by atoms with Crippen LogP contribution in [0.3, 0.4) is 0 Å². The fourth-order valence-corrected chi connectivity index (χ4v) is 0.719. The third-order valence-corrected chi connectivity index (χ3v) is 1.17. The lowest BCUT2D eigenvalue weighted by atomic mass is 10.5. The van der Waals surface area contributed by atoms with Gasteiger partial charge in [0.2, 0.25) is 0 Å². The third-order valence-electron chi connectivity index (χ3n) is 1.17. The number of nitrogens with zero attached hydrogens (tertiary/aromatic N) is 2. The molecule has 0 radical (unpaired) electrons. The van der Waals surface area contributed by atoms with Gasteiger partial charge in [0.25, 0.3) is 0 Å². The van der Waals surface area contributed by atoms with Gasteiger partial charge in [-0.1, -0.05) is 6.92 Å². The van der Waals surface area contributed by atoms with Crippen LogP contribution in [0.15, 0.2) is 0 Å². The first-order valence-electron chi connectivity index (χ1n) is 3.33. The van der Waals surface area contributed by atoms with Crippen molar-refractivity contribution in [3.05, 3.63) is 0 Å². The number of amides is 2. The van der Waals surface area contributed by atoms with Gasteiger partial charge in [-0.3, -0.25) is 5.01 Å². The van der Waals surface area contributed by atoms with Crippen molar-refractivity contribution in [3.63, 3.8) is 0 Å². The first-order valence-corrected chi connectivity index (χ1v) is 3.33. The molecule has 0 aliphatic heterocycles. The molecule has 0 aromatic rings. The smallest absolute Gasteiger partial charge is 0.329 e. The van der Waals surface area contributed by atoms with E-state index in [2.05, 4.69) is 0 Å². The highest BCUT2D eigenvalue weighted by atomic mass is 16.2. The molecule has 2 N–H and O–H groups in total. The monoisotopic (exact) mass is 145 g/mol. The number of rotatable bonds is 3. The number of carbonyl (C=O) groups excluding carboxylic acids is 1. The van der Waals surface area contributed by atoms with Gasteiger partial charge < -0.3 is 5.73 Å². The van der Waals surface area contributed by atoms with E-state index < -0.39 is 6.03 Å². The Hall–Kier alpha value is -0.770. The van der Waals surface area contributed by atoms with Gasteiger partial charge in [-0.2, -0.15) is 0 Å². The van der Waals surface area contributed by atoms with E-state index in [0.717, 1.165) is 6.42 Å². The van der Waals surface area contributed by atoms with Crippen molar-refractivity contribution in [1.82, 2.24) is 10.0 Å². The van der Waals surface area contributed by atoms with Crippen LogP contribution in [0.5, 0.6) is 0 Å². The summed E-state index contributed by atoms with van der Waals surface area (Å²) in [5.74, 6) is 0. The molecule has 0 bridgehead atoms. The Morgan fingerprint density at radius 3 is 2.10 bits per heavy atom. The molecule has 0 rings (SSSR count). The Labute approximate surface area is 61.6 Å². The van der Waals surface area contributed by atoms with Gasteiger partial charge in [0, 0.05) is 20.6 Å². The summed E-state index contributed by atoms with van der Waals surface area (Å²) in [6.07, 6.45) is 0.918. The third kappa shape index (κ3) is 2.68. The first kappa shape index (κ1) is 9.23. The Bertz CT molecular complexity index is 114. The van der Waals surface area contributed by atoms with Crippen LogP contribution in [0.25, 0.3) is 0 Å². The van der Waals surface area contributed by atoms with Crippen LogP contribution >= 0.6 is 0 Å². The van der Waals surface area contributed by atoms with E-state index in [1.54, 1.807) is 19.1 Å². The minimum absolute atomic E-state index is 0.396. The zero-order valence-electron chi connectivity index (χ0n) is 6.79. The second-order valence-electron chi connectivity index (χ2n) is 2.31. The number of hydrogen-bond donors (Lipinski definition) is 1. The van der Waals surface area contributed by atoms with Crippen LogP contribution in [0.2, 0.25) is 0 Å². The zero-order valence-corrected chi connectivity index (χ0v) is 6.79. The van der Waals surface area contributed by atoms with Crippen LogP contribution in [0.4, 0.5) is 4.79 Å². The molecule has 4 nitrogen and oxygen atoms in total. The fraction of sp³-hybridized carbons (Fsp3) is 0.833. The number of primary amides is 1. The molecule has 0 fully saturated rings. The fourth-order valence-electron chi connectivity index (χ4n) is 0.719. The Balaban J connectivity index is 3.85. The summed E-state index contributed by atoms with van der Waals surface area (Å²) in [6.45, 7) is 2.68. The highest BCUT2D eigenvalue weighted by molar-refractivity contribution is 5.71. The summed E-state index contributed by atoms with van der Waals surface area (Å²) in [4.78, 5) is 10.6. The highest BCUT2D eigenvalue weighted by Gasteiger charge is 2.08.